The van der Waals surface area contributed by atoms with Crippen LogP contribution in [0.2, 0.25) is 0 Å². The first-order valence-electron chi connectivity index (χ1n) is 6.32. The van der Waals surface area contributed by atoms with E-state index in [2.05, 4.69) is 4.98 Å². The van der Waals surface area contributed by atoms with Crippen molar-refractivity contribution in [2.45, 2.75) is 25.6 Å². The average Bonchev–Trinajstić information content (AvgIpc) is 2.42. The maximum absolute atomic E-state index is 12.8. The Balaban J connectivity index is 3.32. The van der Waals surface area contributed by atoms with Crippen LogP contribution < -0.4 is 10.6 Å². The van der Waals surface area contributed by atoms with Crippen LogP contribution in [0.1, 0.15) is 24.6 Å². The number of anilines is 1. The van der Waals surface area contributed by atoms with Gasteiger partial charge in [0.15, 0.2) is 0 Å². The average molecular weight is 337 g/mol. The Morgan fingerprint density at radius 1 is 1.48 bits per heavy atom. The molecular weight excluding hydrogens is 319 g/mol. The van der Waals surface area contributed by atoms with Gasteiger partial charge in [0.05, 0.1) is 5.56 Å². The van der Waals surface area contributed by atoms with Crippen LogP contribution in [0.5, 0.6) is 0 Å². The Kier molecular flexibility index (Phi) is 6.27. The first kappa shape index (κ1) is 18.0. The van der Waals surface area contributed by atoms with Gasteiger partial charge in [0.25, 0.3) is 0 Å². The number of hydrogen-bond donors (Lipinski definition) is 1. The van der Waals surface area contributed by atoms with E-state index in [0.717, 1.165) is 18.2 Å². The maximum atomic E-state index is 12.8. The predicted octanol–water partition coefficient (Wildman–Crippen LogP) is 3.31. The SMILES string of the molecule is CCC(CSC)N(C)c1nc(C(F)(F)F)ccc1C(N)=S. The standard InChI is InChI=1S/C13H18F3N3S2/c1-4-8(7-21-3)19(2)12-9(11(17)20)5-6-10(18-12)13(14,15)16/h5-6,8H,4,7H2,1-3H3,(H2,17,20). The molecule has 1 heterocycles. The number of hydrogen-bond acceptors (Lipinski definition) is 4. The van der Waals surface area contributed by atoms with Crippen molar-refractivity contribution in [3.63, 3.8) is 0 Å². The van der Waals surface area contributed by atoms with Gasteiger partial charge in [-0.25, -0.2) is 4.98 Å². The number of nitrogens with zero attached hydrogens (tertiary/aromatic N) is 2. The molecule has 1 unspecified atom stereocenters. The van der Waals surface area contributed by atoms with Crippen LogP contribution in [0.3, 0.4) is 0 Å². The molecule has 0 saturated carbocycles. The van der Waals surface area contributed by atoms with Crippen molar-refractivity contribution in [2.24, 2.45) is 5.73 Å². The molecule has 0 aliphatic heterocycles. The van der Waals surface area contributed by atoms with Crippen LogP contribution in [0.15, 0.2) is 12.1 Å². The fraction of sp³-hybridized carbons (Fsp3) is 0.538. The quantitative estimate of drug-likeness (QED) is 0.807. The minimum absolute atomic E-state index is 0.0390. The summed E-state index contributed by atoms with van der Waals surface area (Å²) in [4.78, 5) is 5.50. The maximum Gasteiger partial charge on any atom is 0.433 e. The summed E-state index contributed by atoms with van der Waals surface area (Å²) in [6.45, 7) is 1.98. The third-order valence-corrected chi connectivity index (χ3v) is 4.08. The number of thioether (sulfide) groups is 1. The predicted molar refractivity (Wildman–Crippen MR) is 86.0 cm³/mol. The Morgan fingerprint density at radius 2 is 2.10 bits per heavy atom. The first-order chi connectivity index (χ1) is 9.72. The molecule has 0 fully saturated rings. The lowest BCUT2D eigenvalue weighted by Gasteiger charge is -2.29. The molecule has 1 atom stereocenters. The highest BCUT2D eigenvalue weighted by molar-refractivity contribution is 7.98. The van der Waals surface area contributed by atoms with E-state index in [9.17, 15) is 13.2 Å². The third kappa shape index (κ3) is 4.47. The molecule has 8 heteroatoms. The molecule has 0 spiro atoms. The third-order valence-electron chi connectivity index (χ3n) is 3.14. The minimum atomic E-state index is -4.49. The van der Waals surface area contributed by atoms with Crippen molar-refractivity contribution in [1.29, 1.82) is 0 Å². The highest BCUT2D eigenvalue weighted by atomic mass is 32.2. The highest BCUT2D eigenvalue weighted by Gasteiger charge is 2.34. The molecule has 2 N–H and O–H groups in total. The fourth-order valence-corrected chi connectivity index (χ4v) is 2.94. The zero-order valence-electron chi connectivity index (χ0n) is 12.1. The van der Waals surface area contributed by atoms with E-state index in [1.807, 2.05) is 13.2 Å². The van der Waals surface area contributed by atoms with Crippen LogP contribution in [-0.2, 0) is 6.18 Å². The zero-order valence-corrected chi connectivity index (χ0v) is 13.7. The number of nitrogens with two attached hydrogens (primary N) is 1. The summed E-state index contributed by atoms with van der Waals surface area (Å²) in [6, 6.07) is 2.25. The normalized spacial score (nSPS) is 13.0. The molecule has 0 bridgehead atoms. The second kappa shape index (κ2) is 7.31. The molecule has 0 radical (unpaired) electrons. The summed E-state index contributed by atoms with van der Waals surface area (Å²) in [5.74, 6) is 0.958. The van der Waals surface area contributed by atoms with Gasteiger partial charge in [0.1, 0.15) is 16.5 Å². The summed E-state index contributed by atoms with van der Waals surface area (Å²) in [5.41, 5.74) is 5.03. The van der Waals surface area contributed by atoms with Crippen molar-refractivity contribution >= 4 is 34.8 Å². The van der Waals surface area contributed by atoms with Crippen molar-refractivity contribution in [3.8, 4) is 0 Å². The number of pyridine rings is 1. The van der Waals surface area contributed by atoms with Crippen LogP contribution in [0, 0.1) is 0 Å². The van der Waals surface area contributed by atoms with E-state index in [0.29, 0.717) is 5.56 Å². The molecule has 0 amide bonds. The topological polar surface area (TPSA) is 42.2 Å². The first-order valence-corrected chi connectivity index (χ1v) is 8.12. The smallest absolute Gasteiger partial charge is 0.389 e. The molecule has 118 valence electrons. The van der Waals surface area contributed by atoms with Crippen molar-refractivity contribution < 1.29 is 13.2 Å². The highest BCUT2D eigenvalue weighted by Crippen LogP contribution is 2.31. The Morgan fingerprint density at radius 3 is 2.52 bits per heavy atom. The molecule has 0 aliphatic carbocycles. The van der Waals surface area contributed by atoms with Gasteiger partial charge in [-0.15, -0.1) is 0 Å². The molecule has 1 aromatic heterocycles. The second-order valence-corrected chi connectivity index (χ2v) is 5.91. The van der Waals surface area contributed by atoms with E-state index in [-0.39, 0.29) is 16.8 Å². The lowest BCUT2D eigenvalue weighted by Crippen LogP contribution is -2.36. The van der Waals surface area contributed by atoms with Crippen LogP contribution in [-0.4, -0.2) is 35.1 Å². The summed E-state index contributed by atoms with van der Waals surface area (Å²) < 4.78 is 38.5. The Hall–Kier alpha value is -1.02. The summed E-state index contributed by atoms with van der Waals surface area (Å²) in [5, 5.41) is 0. The molecule has 0 saturated heterocycles. The summed E-state index contributed by atoms with van der Waals surface area (Å²) in [7, 11) is 1.72. The van der Waals surface area contributed by atoms with Gasteiger partial charge < -0.3 is 10.6 Å². The lowest BCUT2D eigenvalue weighted by atomic mass is 10.1. The molecule has 21 heavy (non-hydrogen) atoms. The van der Waals surface area contributed by atoms with Gasteiger partial charge in [-0.05, 0) is 24.8 Å². The summed E-state index contributed by atoms with van der Waals surface area (Å²) in [6.07, 6.45) is -1.76. The van der Waals surface area contributed by atoms with Crippen LogP contribution in [0.25, 0.3) is 0 Å². The minimum Gasteiger partial charge on any atom is -0.389 e. The van der Waals surface area contributed by atoms with Gasteiger partial charge in [-0.3, -0.25) is 0 Å². The van der Waals surface area contributed by atoms with Gasteiger partial charge in [0.2, 0.25) is 0 Å². The van der Waals surface area contributed by atoms with E-state index >= 15 is 0 Å². The number of alkyl halides is 3. The number of thiocarbonyl (C=S) groups is 1. The van der Waals surface area contributed by atoms with E-state index in [1.165, 1.54) is 6.07 Å². The van der Waals surface area contributed by atoms with Crippen LogP contribution >= 0.6 is 24.0 Å². The Labute approximate surface area is 132 Å². The number of rotatable bonds is 6. The lowest BCUT2D eigenvalue weighted by molar-refractivity contribution is -0.141. The van der Waals surface area contributed by atoms with Gasteiger partial charge in [-0.1, -0.05) is 19.1 Å². The number of aromatic nitrogens is 1. The summed E-state index contributed by atoms with van der Waals surface area (Å²) >= 11 is 6.54. The number of halogens is 3. The van der Waals surface area contributed by atoms with E-state index < -0.39 is 11.9 Å². The van der Waals surface area contributed by atoms with Crippen LogP contribution in [0.4, 0.5) is 19.0 Å². The van der Waals surface area contributed by atoms with Crippen molar-refractivity contribution in [2.75, 3.05) is 24.0 Å². The van der Waals surface area contributed by atoms with Gasteiger partial charge in [-0.2, -0.15) is 24.9 Å². The molecule has 0 aliphatic rings. The monoisotopic (exact) mass is 337 g/mol. The fourth-order valence-electron chi connectivity index (χ4n) is 1.94. The second-order valence-electron chi connectivity index (χ2n) is 4.56. The molecule has 1 aromatic rings. The zero-order chi connectivity index (χ0) is 16.2. The molecule has 3 nitrogen and oxygen atoms in total. The molecule has 1 rings (SSSR count). The largest absolute Gasteiger partial charge is 0.433 e. The molecule has 0 aromatic carbocycles. The van der Waals surface area contributed by atoms with Gasteiger partial charge in [0, 0.05) is 18.8 Å². The molecular formula is C13H18F3N3S2. The van der Waals surface area contributed by atoms with Crippen molar-refractivity contribution in [1.82, 2.24) is 4.98 Å². The van der Waals surface area contributed by atoms with E-state index in [1.54, 1.807) is 23.7 Å². The Bertz CT molecular complexity index is 506. The van der Waals surface area contributed by atoms with Gasteiger partial charge >= 0.3 is 6.18 Å². The van der Waals surface area contributed by atoms with E-state index in [4.69, 9.17) is 18.0 Å². The van der Waals surface area contributed by atoms with Crippen molar-refractivity contribution in [3.05, 3.63) is 23.4 Å².